The van der Waals surface area contributed by atoms with Gasteiger partial charge in [0.05, 0.1) is 5.52 Å². The van der Waals surface area contributed by atoms with E-state index in [-0.39, 0.29) is 10.7 Å². The molecule has 0 fully saturated rings. The molecular weight excluding hydrogens is 366 g/mol. The Kier molecular flexibility index (Phi) is 3.84. The predicted molar refractivity (Wildman–Crippen MR) is 89.2 cm³/mol. The Morgan fingerprint density at radius 2 is 1.95 bits per heavy atom. The summed E-state index contributed by atoms with van der Waals surface area (Å²) in [4.78, 5) is 8.35. The molecule has 0 radical (unpaired) electrons. The van der Waals surface area contributed by atoms with Gasteiger partial charge in [-0.3, -0.25) is 9.71 Å². The summed E-state index contributed by atoms with van der Waals surface area (Å²) >= 11 is 3.44. The Hall–Kier alpha value is -1.99. The van der Waals surface area contributed by atoms with Gasteiger partial charge in [-0.05, 0) is 42.8 Å². The smallest absolute Gasteiger partial charge is 0.263 e. The van der Waals surface area contributed by atoms with E-state index < -0.39 is 10.0 Å². The molecule has 22 heavy (non-hydrogen) atoms. The molecule has 0 amide bonds. The van der Waals surface area contributed by atoms with Gasteiger partial charge in [0.15, 0.2) is 0 Å². The van der Waals surface area contributed by atoms with Gasteiger partial charge in [-0.25, -0.2) is 13.4 Å². The molecule has 0 saturated heterocycles. The van der Waals surface area contributed by atoms with E-state index in [0.29, 0.717) is 5.52 Å². The number of benzene rings is 1. The van der Waals surface area contributed by atoms with E-state index in [1.165, 1.54) is 6.20 Å². The molecule has 0 aliphatic heterocycles. The van der Waals surface area contributed by atoms with Crippen molar-refractivity contribution >= 4 is 42.7 Å². The van der Waals surface area contributed by atoms with Crippen LogP contribution in [0, 0.1) is 6.92 Å². The Bertz CT molecular complexity index is 958. The number of nitrogens with zero attached hydrogens (tertiary/aromatic N) is 2. The zero-order chi connectivity index (χ0) is 15.7. The Morgan fingerprint density at radius 3 is 2.73 bits per heavy atom. The minimum atomic E-state index is -3.70. The molecule has 0 bridgehead atoms. The lowest BCUT2D eigenvalue weighted by Gasteiger charge is -2.08. The molecule has 0 aliphatic carbocycles. The van der Waals surface area contributed by atoms with Crippen LogP contribution in [0.5, 0.6) is 0 Å². The highest BCUT2D eigenvalue weighted by atomic mass is 79.9. The van der Waals surface area contributed by atoms with Gasteiger partial charge >= 0.3 is 0 Å². The molecule has 3 rings (SSSR count). The standard InChI is InChI=1S/C15H12BrN3O2S/c1-10-7-11(9-17-8-10)22(20,21)19-15-6-5-12-13(16)3-2-4-14(12)18-15/h2-9H,1H3,(H,18,19). The highest BCUT2D eigenvalue weighted by Crippen LogP contribution is 2.24. The number of rotatable bonds is 3. The van der Waals surface area contributed by atoms with Crippen molar-refractivity contribution in [2.24, 2.45) is 0 Å². The summed E-state index contributed by atoms with van der Waals surface area (Å²) in [6.07, 6.45) is 2.91. The van der Waals surface area contributed by atoms with E-state index in [2.05, 4.69) is 30.6 Å². The number of anilines is 1. The third kappa shape index (κ3) is 2.95. The van der Waals surface area contributed by atoms with Gasteiger partial charge in [0.2, 0.25) is 0 Å². The van der Waals surface area contributed by atoms with Crippen molar-refractivity contribution in [3.05, 3.63) is 58.8 Å². The average molecular weight is 378 g/mol. The Morgan fingerprint density at radius 1 is 1.14 bits per heavy atom. The highest BCUT2D eigenvalue weighted by molar-refractivity contribution is 9.10. The van der Waals surface area contributed by atoms with Crippen LogP contribution in [0.15, 0.2) is 58.2 Å². The first-order valence-corrected chi connectivity index (χ1v) is 8.73. The molecule has 3 aromatic rings. The lowest BCUT2D eigenvalue weighted by Crippen LogP contribution is -2.14. The maximum absolute atomic E-state index is 12.4. The van der Waals surface area contributed by atoms with Crippen LogP contribution in [0.2, 0.25) is 0 Å². The summed E-state index contributed by atoms with van der Waals surface area (Å²) in [6.45, 7) is 1.79. The fourth-order valence-electron chi connectivity index (χ4n) is 2.05. The van der Waals surface area contributed by atoms with Gasteiger partial charge in [0, 0.05) is 22.3 Å². The molecule has 112 valence electrons. The van der Waals surface area contributed by atoms with Gasteiger partial charge in [-0.2, -0.15) is 0 Å². The molecule has 0 saturated carbocycles. The number of aromatic nitrogens is 2. The van der Waals surface area contributed by atoms with Crippen molar-refractivity contribution in [1.29, 1.82) is 0 Å². The molecule has 2 heterocycles. The largest absolute Gasteiger partial charge is 0.264 e. The molecule has 1 N–H and O–H groups in total. The summed E-state index contributed by atoms with van der Waals surface area (Å²) in [6, 6.07) is 10.6. The second-order valence-electron chi connectivity index (χ2n) is 4.81. The monoisotopic (exact) mass is 377 g/mol. The zero-order valence-corrected chi connectivity index (χ0v) is 14.0. The van der Waals surface area contributed by atoms with Crippen LogP contribution in [-0.4, -0.2) is 18.4 Å². The molecule has 2 aromatic heterocycles. The van der Waals surface area contributed by atoms with Crippen LogP contribution in [0.1, 0.15) is 5.56 Å². The van der Waals surface area contributed by atoms with E-state index >= 15 is 0 Å². The first kappa shape index (κ1) is 14.9. The van der Waals surface area contributed by atoms with Crippen molar-refractivity contribution in [1.82, 2.24) is 9.97 Å². The predicted octanol–water partition coefficient (Wildman–Crippen LogP) is 3.50. The lowest BCUT2D eigenvalue weighted by atomic mass is 10.2. The fourth-order valence-corrected chi connectivity index (χ4v) is 3.58. The molecule has 7 heteroatoms. The summed E-state index contributed by atoms with van der Waals surface area (Å²) in [7, 11) is -3.70. The molecule has 0 atom stereocenters. The van der Waals surface area contributed by atoms with Crippen LogP contribution in [0.4, 0.5) is 5.82 Å². The summed E-state index contributed by atoms with van der Waals surface area (Å²) < 4.78 is 28.1. The molecular formula is C15H12BrN3O2S. The number of hydrogen-bond acceptors (Lipinski definition) is 4. The quantitative estimate of drug-likeness (QED) is 0.757. The SMILES string of the molecule is Cc1cncc(S(=O)(=O)Nc2ccc3c(Br)cccc3n2)c1. The van der Waals surface area contributed by atoms with Crippen LogP contribution < -0.4 is 4.72 Å². The molecule has 5 nitrogen and oxygen atoms in total. The van der Waals surface area contributed by atoms with Crippen molar-refractivity contribution in [2.45, 2.75) is 11.8 Å². The van der Waals surface area contributed by atoms with Crippen molar-refractivity contribution in [2.75, 3.05) is 4.72 Å². The van der Waals surface area contributed by atoms with Crippen LogP contribution in [-0.2, 0) is 10.0 Å². The van der Waals surface area contributed by atoms with E-state index in [1.54, 1.807) is 25.3 Å². The van der Waals surface area contributed by atoms with E-state index in [4.69, 9.17) is 0 Å². The second-order valence-corrected chi connectivity index (χ2v) is 7.34. The van der Waals surface area contributed by atoms with E-state index in [0.717, 1.165) is 15.4 Å². The van der Waals surface area contributed by atoms with Crippen molar-refractivity contribution in [3.63, 3.8) is 0 Å². The van der Waals surface area contributed by atoms with Crippen molar-refractivity contribution < 1.29 is 8.42 Å². The zero-order valence-electron chi connectivity index (χ0n) is 11.6. The van der Waals surface area contributed by atoms with Gasteiger partial charge < -0.3 is 0 Å². The van der Waals surface area contributed by atoms with Crippen molar-refractivity contribution in [3.8, 4) is 0 Å². The van der Waals surface area contributed by atoms with Gasteiger partial charge in [-0.1, -0.05) is 22.0 Å². The number of sulfonamides is 1. The van der Waals surface area contributed by atoms with Crippen LogP contribution in [0.3, 0.4) is 0 Å². The number of aryl methyl sites for hydroxylation is 1. The first-order chi connectivity index (χ1) is 10.5. The molecule has 1 aromatic carbocycles. The Labute approximate surface area is 136 Å². The van der Waals surface area contributed by atoms with Gasteiger partial charge in [0.1, 0.15) is 10.7 Å². The third-order valence-electron chi connectivity index (χ3n) is 3.08. The maximum atomic E-state index is 12.4. The minimum absolute atomic E-state index is 0.114. The molecule has 0 spiro atoms. The molecule has 0 unspecified atom stereocenters. The third-order valence-corrected chi connectivity index (χ3v) is 5.09. The van der Waals surface area contributed by atoms with E-state index in [1.807, 2.05) is 24.3 Å². The van der Waals surface area contributed by atoms with Crippen LogP contribution >= 0.6 is 15.9 Å². The normalized spacial score (nSPS) is 11.5. The maximum Gasteiger partial charge on any atom is 0.264 e. The number of fused-ring (bicyclic) bond motifs is 1. The van der Waals surface area contributed by atoms with Crippen LogP contribution in [0.25, 0.3) is 10.9 Å². The average Bonchev–Trinajstić information content (AvgIpc) is 2.47. The highest BCUT2D eigenvalue weighted by Gasteiger charge is 2.15. The summed E-state index contributed by atoms with van der Waals surface area (Å²) in [5, 5.41) is 0.919. The van der Waals surface area contributed by atoms with E-state index in [9.17, 15) is 8.42 Å². The topological polar surface area (TPSA) is 72.0 Å². The number of hydrogen-bond donors (Lipinski definition) is 1. The fraction of sp³-hybridized carbons (Fsp3) is 0.0667. The number of halogens is 1. The Balaban J connectivity index is 1.99. The molecule has 0 aliphatic rings. The summed E-state index contributed by atoms with van der Waals surface area (Å²) in [5.41, 5.74) is 1.48. The van der Waals surface area contributed by atoms with Gasteiger partial charge in [0.25, 0.3) is 10.0 Å². The number of nitrogens with one attached hydrogen (secondary N) is 1. The minimum Gasteiger partial charge on any atom is -0.263 e. The lowest BCUT2D eigenvalue weighted by molar-refractivity contribution is 0.600. The first-order valence-electron chi connectivity index (χ1n) is 6.45. The van der Waals surface area contributed by atoms with Gasteiger partial charge in [-0.15, -0.1) is 0 Å². The number of pyridine rings is 2. The second kappa shape index (κ2) is 5.66. The summed E-state index contributed by atoms with van der Waals surface area (Å²) in [5.74, 6) is 0.270.